The number of hydrogen-bond acceptors (Lipinski definition) is 2. The number of ether oxygens (including phenoxy) is 1. The Morgan fingerprint density at radius 3 is 2.36 bits per heavy atom. The van der Waals surface area contributed by atoms with Crippen LogP contribution in [0, 0.1) is 22.7 Å². The predicted octanol–water partition coefficient (Wildman–Crippen LogP) is 4.72. The van der Waals surface area contributed by atoms with Crippen molar-refractivity contribution in [2.75, 3.05) is 6.61 Å². The number of rotatable bonds is 2. The molecule has 2 nitrogen and oxygen atoms in total. The molecule has 6 atom stereocenters. The first-order chi connectivity index (χ1) is 10.2. The second-order valence-electron chi connectivity index (χ2n) is 9.29. The van der Waals surface area contributed by atoms with E-state index in [1.54, 1.807) is 0 Å². The van der Waals surface area contributed by atoms with Gasteiger partial charge in [-0.3, -0.25) is 0 Å². The summed E-state index contributed by atoms with van der Waals surface area (Å²) in [6, 6.07) is 0. The zero-order valence-corrected chi connectivity index (χ0v) is 15.0. The highest BCUT2D eigenvalue weighted by Gasteiger charge is 2.61. The summed E-state index contributed by atoms with van der Waals surface area (Å²) in [6.45, 7) is 13.7. The Bertz CT molecular complexity index is 461. The molecule has 0 aromatic carbocycles. The standard InChI is InChI=1S/C20H34O2/c1-6-18(3)12-8-16-19(4)11-7-10-17(2,14-21)15(19)9-13-20(16,5)22-18/h6,15-16,21H,1,7-14H2,2-5H3/t15-,16-,17-,18-,19-,20+/m0/s1. The Hall–Kier alpha value is -0.340. The first-order valence-corrected chi connectivity index (χ1v) is 9.16. The zero-order valence-electron chi connectivity index (χ0n) is 15.0. The van der Waals surface area contributed by atoms with Crippen molar-refractivity contribution in [3.63, 3.8) is 0 Å². The minimum atomic E-state index is -0.163. The maximum atomic E-state index is 10.0. The van der Waals surface area contributed by atoms with Gasteiger partial charge in [0.25, 0.3) is 0 Å². The van der Waals surface area contributed by atoms with Gasteiger partial charge in [0.2, 0.25) is 0 Å². The van der Waals surface area contributed by atoms with Gasteiger partial charge in [-0.25, -0.2) is 0 Å². The van der Waals surface area contributed by atoms with Gasteiger partial charge in [-0.05, 0) is 75.0 Å². The molecule has 0 bridgehead atoms. The monoisotopic (exact) mass is 306 g/mol. The van der Waals surface area contributed by atoms with Crippen LogP contribution in [0.3, 0.4) is 0 Å². The van der Waals surface area contributed by atoms with E-state index in [-0.39, 0.29) is 16.6 Å². The van der Waals surface area contributed by atoms with Gasteiger partial charge in [0.15, 0.2) is 0 Å². The molecule has 1 heterocycles. The maximum absolute atomic E-state index is 10.0. The minimum absolute atomic E-state index is 0.0276. The largest absolute Gasteiger partial charge is 0.396 e. The SMILES string of the molecule is C=C[C@@]1(C)CC[C@H]2[C@@]3(C)CCC[C@@](C)(CO)[C@@H]3CC[C@@]2(C)O1. The van der Waals surface area contributed by atoms with Gasteiger partial charge in [-0.2, -0.15) is 0 Å². The quantitative estimate of drug-likeness (QED) is 0.748. The summed E-state index contributed by atoms with van der Waals surface area (Å²) in [5, 5.41) is 10.0. The third-order valence-corrected chi connectivity index (χ3v) is 7.75. The van der Waals surface area contributed by atoms with Crippen LogP contribution in [0.25, 0.3) is 0 Å². The molecule has 1 aliphatic heterocycles. The first-order valence-electron chi connectivity index (χ1n) is 9.16. The zero-order chi connectivity index (χ0) is 16.2. The summed E-state index contributed by atoms with van der Waals surface area (Å²) in [5.74, 6) is 1.24. The van der Waals surface area contributed by atoms with Crippen LogP contribution in [-0.2, 0) is 4.74 Å². The molecule has 1 saturated heterocycles. The van der Waals surface area contributed by atoms with Crippen LogP contribution in [0.1, 0.15) is 72.6 Å². The van der Waals surface area contributed by atoms with Gasteiger partial charge >= 0.3 is 0 Å². The highest BCUT2D eigenvalue weighted by atomic mass is 16.5. The fourth-order valence-electron chi connectivity index (χ4n) is 6.52. The van der Waals surface area contributed by atoms with E-state index in [1.807, 2.05) is 6.08 Å². The van der Waals surface area contributed by atoms with Crippen molar-refractivity contribution in [2.45, 2.75) is 83.8 Å². The molecule has 0 spiro atoms. The van der Waals surface area contributed by atoms with E-state index in [2.05, 4.69) is 34.3 Å². The van der Waals surface area contributed by atoms with E-state index < -0.39 is 0 Å². The van der Waals surface area contributed by atoms with E-state index in [9.17, 15) is 5.11 Å². The van der Waals surface area contributed by atoms with Crippen LogP contribution in [0.2, 0.25) is 0 Å². The Kier molecular flexibility index (Phi) is 3.81. The first kappa shape index (κ1) is 16.5. The Morgan fingerprint density at radius 2 is 1.73 bits per heavy atom. The molecule has 0 amide bonds. The van der Waals surface area contributed by atoms with Crippen molar-refractivity contribution in [2.24, 2.45) is 22.7 Å². The molecular formula is C20H34O2. The molecule has 3 fully saturated rings. The fourth-order valence-corrected chi connectivity index (χ4v) is 6.52. The minimum Gasteiger partial charge on any atom is -0.396 e. The normalized spacial score (nSPS) is 55.1. The maximum Gasteiger partial charge on any atom is 0.0839 e. The second kappa shape index (κ2) is 5.08. The van der Waals surface area contributed by atoms with Crippen molar-refractivity contribution in [3.8, 4) is 0 Å². The Balaban J connectivity index is 1.94. The lowest BCUT2D eigenvalue weighted by molar-refractivity contribution is -0.256. The van der Waals surface area contributed by atoms with Crippen LogP contribution < -0.4 is 0 Å². The van der Waals surface area contributed by atoms with E-state index in [0.717, 1.165) is 12.8 Å². The summed E-state index contributed by atoms with van der Waals surface area (Å²) in [7, 11) is 0. The van der Waals surface area contributed by atoms with Crippen LogP contribution in [0.4, 0.5) is 0 Å². The molecule has 3 rings (SSSR count). The third kappa shape index (κ3) is 2.21. The van der Waals surface area contributed by atoms with Crippen LogP contribution >= 0.6 is 0 Å². The number of aliphatic hydroxyl groups is 1. The highest BCUT2D eigenvalue weighted by molar-refractivity contribution is 5.13. The van der Waals surface area contributed by atoms with Gasteiger partial charge < -0.3 is 9.84 Å². The van der Waals surface area contributed by atoms with E-state index in [0.29, 0.717) is 23.9 Å². The van der Waals surface area contributed by atoms with E-state index in [4.69, 9.17) is 4.74 Å². The molecule has 22 heavy (non-hydrogen) atoms. The van der Waals surface area contributed by atoms with Crippen molar-refractivity contribution < 1.29 is 9.84 Å². The van der Waals surface area contributed by atoms with Gasteiger partial charge in [0, 0.05) is 6.61 Å². The molecule has 0 aromatic rings. The van der Waals surface area contributed by atoms with Crippen molar-refractivity contribution in [1.29, 1.82) is 0 Å². The van der Waals surface area contributed by atoms with Gasteiger partial charge in [-0.1, -0.05) is 26.3 Å². The lowest BCUT2D eigenvalue weighted by atomic mass is 9.44. The third-order valence-electron chi connectivity index (χ3n) is 7.75. The average Bonchev–Trinajstić information content (AvgIpc) is 2.46. The summed E-state index contributed by atoms with van der Waals surface area (Å²) in [4.78, 5) is 0. The molecule has 0 radical (unpaired) electrons. The summed E-state index contributed by atoms with van der Waals surface area (Å²) >= 11 is 0. The van der Waals surface area contributed by atoms with Crippen molar-refractivity contribution in [3.05, 3.63) is 12.7 Å². The molecule has 126 valence electrons. The lowest BCUT2D eigenvalue weighted by Gasteiger charge is -2.65. The van der Waals surface area contributed by atoms with Crippen LogP contribution in [0.5, 0.6) is 0 Å². The van der Waals surface area contributed by atoms with Gasteiger partial charge in [0.1, 0.15) is 0 Å². The Labute approximate surface area is 136 Å². The number of hydrogen-bond donors (Lipinski definition) is 1. The summed E-state index contributed by atoms with van der Waals surface area (Å²) < 4.78 is 6.65. The molecule has 3 aliphatic rings. The topological polar surface area (TPSA) is 29.5 Å². The average molecular weight is 306 g/mol. The van der Waals surface area contributed by atoms with Crippen molar-refractivity contribution >= 4 is 0 Å². The summed E-state index contributed by atoms with van der Waals surface area (Å²) in [5.41, 5.74) is 0.224. The molecule has 0 unspecified atom stereocenters. The fraction of sp³-hybridized carbons (Fsp3) is 0.900. The predicted molar refractivity (Wildman–Crippen MR) is 90.7 cm³/mol. The molecule has 2 saturated carbocycles. The van der Waals surface area contributed by atoms with Gasteiger partial charge in [-0.15, -0.1) is 6.58 Å². The smallest absolute Gasteiger partial charge is 0.0839 e. The van der Waals surface area contributed by atoms with Gasteiger partial charge in [0.05, 0.1) is 11.2 Å². The summed E-state index contributed by atoms with van der Waals surface area (Å²) in [6.07, 6.45) is 10.3. The van der Waals surface area contributed by atoms with Crippen LogP contribution in [-0.4, -0.2) is 22.9 Å². The van der Waals surface area contributed by atoms with Crippen LogP contribution in [0.15, 0.2) is 12.7 Å². The van der Waals surface area contributed by atoms with E-state index in [1.165, 1.54) is 32.1 Å². The lowest BCUT2D eigenvalue weighted by Crippen LogP contribution is -2.63. The van der Waals surface area contributed by atoms with E-state index >= 15 is 0 Å². The second-order valence-corrected chi connectivity index (χ2v) is 9.29. The number of fused-ring (bicyclic) bond motifs is 3. The highest BCUT2D eigenvalue weighted by Crippen LogP contribution is 2.65. The Morgan fingerprint density at radius 1 is 1.05 bits per heavy atom. The molecular weight excluding hydrogens is 272 g/mol. The van der Waals surface area contributed by atoms with Crippen molar-refractivity contribution in [1.82, 2.24) is 0 Å². The molecule has 2 heteroatoms. The molecule has 2 aliphatic carbocycles. The molecule has 1 N–H and O–H groups in total. The molecule has 0 aromatic heterocycles. The number of aliphatic hydroxyl groups excluding tert-OH is 1.